The number of allylic oxidation sites excluding steroid dienone is 1. The maximum Gasteiger partial charge on any atom is 0.255 e. The highest BCUT2D eigenvalue weighted by Gasteiger charge is 2.36. The highest BCUT2D eigenvalue weighted by molar-refractivity contribution is 6.06. The molecule has 1 aliphatic heterocycles. The van der Waals surface area contributed by atoms with Crippen LogP contribution in [0.3, 0.4) is 0 Å². The zero-order valence-electron chi connectivity index (χ0n) is 19.4. The van der Waals surface area contributed by atoms with E-state index in [1.165, 1.54) is 6.33 Å². The lowest BCUT2D eigenvalue weighted by Crippen LogP contribution is -2.31. The lowest BCUT2D eigenvalue weighted by Gasteiger charge is -2.30. The van der Waals surface area contributed by atoms with Crippen LogP contribution in [0.15, 0.2) is 96.5 Å². The molecule has 3 aromatic carbocycles. The van der Waals surface area contributed by atoms with Gasteiger partial charge in [0.15, 0.2) is 11.5 Å². The van der Waals surface area contributed by atoms with Crippen molar-refractivity contribution >= 4 is 17.5 Å². The van der Waals surface area contributed by atoms with Gasteiger partial charge in [0.25, 0.3) is 5.91 Å². The van der Waals surface area contributed by atoms with E-state index in [9.17, 15) is 4.79 Å². The molecule has 8 heteroatoms. The number of carbonyl (C=O) groups is 1. The van der Waals surface area contributed by atoms with Crippen molar-refractivity contribution in [3.8, 4) is 11.5 Å². The van der Waals surface area contributed by atoms with Gasteiger partial charge in [0.2, 0.25) is 5.95 Å². The molecule has 0 saturated heterocycles. The largest absolute Gasteiger partial charge is 0.493 e. The van der Waals surface area contributed by atoms with Crippen molar-refractivity contribution in [2.75, 3.05) is 17.7 Å². The highest BCUT2D eigenvalue weighted by atomic mass is 16.5. The number of methoxy groups -OCH3 is 1. The van der Waals surface area contributed by atoms with Crippen LogP contribution in [-0.4, -0.2) is 27.8 Å². The van der Waals surface area contributed by atoms with Crippen molar-refractivity contribution in [1.29, 1.82) is 0 Å². The van der Waals surface area contributed by atoms with Crippen LogP contribution in [0.5, 0.6) is 11.5 Å². The zero-order chi connectivity index (χ0) is 24.2. The second-order valence-electron chi connectivity index (χ2n) is 8.07. The number of hydrogen-bond acceptors (Lipinski definition) is 6. The highest BCUT2D eigenvalue weighted by Crippen LogP contribution is 2.43. The minimum absolute atomic E-state index is 0.246. The SMILES string of the molecule is COc1cccc([C@@H]2C(C(=O)Nc3ccccc3)=C(C)Nc3ncnn32)c1OCc1ccccc1. The number of rotatable bonds is 7. The van der Waals surface area contributed by atoms with Gasteiger partial charge in [-0.1, -0.05) is 60.7 Å². The number of nitrogens with zero attached hydrogens (tertiary/aromatic N) is 3. The Kier molecular flexibility index (Phi) is 6.17. The smallest absolute Gasteiger partial charge is 0.255 e. The van der Waals surface area contributed by atoms with Crippen molar-refractivity contribution in [3.63, 3.8) is 0 Å². The van der Waals surface area contributed by atoms with E-state index in [1.54, 1.807) is 11.8 Å². The standard InChI is InChI=1S/C27H25N5O3/c1-18-23(26(33)31-20-12-7-4-8-13-20)24(32-27(30-18)28-17-29-32)21-14-9-15-22(34-2)25(21)35-16-19-10-5-3-6-11-19/h3-15,17,24H,16H2,1-2H3,(H,31,33)(H,28,29,30)/t24-/m1/s1. The Morgan fingerprint density at radius 2 is 1.77 bits per heavy atom. The van der Waals surface area contributed by atoms with Gasteiger partial charge in [0.05, 0.1) is 12.7 Å². The van der Waals surface area contributed by atoms with E-state index in [-0.39, 0.29) is 5.91 Å². The minimum atomic E-state index is -0.585. The summed E-state index contributed by atoms with van der Waals surface area (Å²) in [7, 11) is 1.60. The molecule has 1 atom stereocenters. The normalized spacial score (nSPS) is 14.6. The molecule has 2 N–H and O–H groups in total. The lowest BCUT2D eigenvalue weighted by atomic mass is 9.94. The zero-order valence-corrected chi connectivity index (χ0v) is 19.4. The number of nitrogens with one attached hydrogen (secondary N) is 2. The summed E-state index contributed by atoms with van der Waals surface area (Å²) in [6.07, 6.45) is 1.46. The van der Waals surface area contributed by atoms with Crippen LogP contribution < -0.4 is 20.1 Å². The van der Waals surface area contributed by atoms with Crippen molar-refractivity contribution in [2.24, 2.45) is 0 Å². The fourth-order valence-electron chi connectivity index (χ4n) is 4.19. The quantitative estimate of drug-likeness (QED) is 0.406. The average Bonchev–Trinajstić information content (AvgIpc) is 3.35. The molecule has 8 nitrogen and oxygen atoms in total. The van der Waals surface area contributed by atoms with Gasteiger partial charge in [-0.3, -0.25) is 4.79 Å². The summed E-state index contributed by atoms with van der Waals surface area (Å²) in [5.41, 5.74) is 3.65. The topological polar surface area (TPSA) is 90.3 Å². The lowest BCUT2D eigenvalue weighted by molar-refractivity contribution is -0.113. The van der Waals surface area contributed by atoms with Gasteiger partial charge >= 0.3 is 0 Å². The number of ether oxygens (including phenoxy) is 2. The molecule has 2 heterocycles. The van der Waals surface area contributed by atoms with Crippen molar-refractivity contribution < 1.29 is 14.3 Å². The van der Waals surface area contributed by atoms with Gasteiger partial charge in [-0.05, 0) is 30.7 Å². The average molecular weight is 468 g/mol. The van der Waals surface area contributed by atoms with Gasteiger partial charge in [-0.2, -0.15) is 10.1 Å². The summed E-state index contributed by atoms with van der Waals surface area (Å²) in [4.78, 5) is 17.9. The Morgan fingerprint density at radius 3 is 2.51 bits per heavy atom. The predicted molar refractivity (Wildman–Crippen MR) is 133 cm³/mol. The fraction of sp³-hybridized carbons (Fsp3) is 0.148. The third-order valence-corrected chi connectivity index (χ3v) is 5.82. The molecule has 0 spiro atoms. The number of carbonyl (C=O) groups excluding carboxylic acids is 1. The van der Waals surface area contributed by atoms with Crippen molar-refractivity contribution in [3.05, 3.63) is 108 Å². The number of amides is 1. The monoisotopic (exact) mass is 467 g/mol. The Bertz CT molecular complexity index is 1370. The van der Waals surface area contributed by atoms with E-state index < -0.39 is 6.04 Å². The summed E-state index contributed by atoms with van der Waals surface area (Å²) in [5.74, 6) is 1.41. The molecule has 0 aliphatic carbocycles. The first-order chi connectivity index (χ1) is 17.2. The van der Waals surface area contributed by atoms with E-state index in [4.69, 9.17) is 9.47 Å². The minimum Gasteiger partial charge on any atom is -0.493 e. The van der Waals surface area contributed by atoms with Crippen LogP contribution in [0.25, 0.3) is 0 Å². The van der Waals surface area contributed by atoms with Crippen molar-refractivity contribution in [1.82, 2.24) is 14.8 Å². The second-order valence-corrected chi connectivity index (χ2v) is 8.07. The third-order valence-electron chi connectivity index (χ3n) is 5.82. The van der Waals surface area contributed by atoms with E-state index in [2.05, 4.69) is 20.7 Å². The molecule has 0 radical (unpaired) electrons. The number of fused-ring (bicyclic) bond motifs is 1. The van der Waals surface area contributed by atoms with E-state index in [1.807, 2.05) is 85.8 Å². The number of benzene rings is 3. The van der Waals surface area contributed by atoms with Gasteiger partial charge in [0.1, 0.15) is 19.0 Å². The molecule has 0 bridgehead atoms. The maximum atomic E-state index is 13.6. The third kappa shape index (κ3) is 4.46. The first-order valence-corrected chi connectivity index (χ1v) is 11.2. The Morgan fingerprint density at radius 1 is 1.03 bits per heavy atom. The fourth-order valence-corrected chi connectivity index (χ4v) is 4.19. The van der Waals surface area contributed by atoms with Gasteiger partial charge in [-0.15, -0.1) is 0 Å². The molecule has 0 unspecified atom stereocenters. The summed E-state index contributed by atoms with van der Waals surface area (Å²) in [6, 6.07) is 24.3. The molecule has 1 aliphatic rings. The molecule has 4 aromatic rings. The molecule has 176 valence electrons. The second kappa shape index (κ2) is 9.72. The van der Waals surface area contributed by atoms with E-state index in [0.29, 0.717) is 41.0 Å². The van der Waals surface area contributed by atoms with Crippen LogP contribution in [0.1, 0.15) is 24.1 Å². The molecular weight excluding hydrogens is 442 g/mol. The molecular formula is C27H25N5O3. The molecule has 0 fully saturated rings. The number of aromatic nitrogens is 3. The summed E-state index contributed by atoms with van der Waals surface area (Å²) in [5, 5.41) is 10.6. The van der Waals surface area contributed by atoms with E-state index >= 15 is 0 Å². The Hall–Kier alpha value is -4.59. The van der Waals surface area contributed by atoms with E-state index in [0.717, 1.165) is 11.1 Å². The molecule has 0 saturated carbocycles. The maximum absolute atomic E-state index is 13.6. The summed E-state index contributed by atoms with van der Waals surface area (Å²) >= 11 is 0. The van der Waals surface area contributed by atoms with Gasteiger partial charge in [-0.25, -0.2) is 4.68 Å². The van der Waals surface area contributed by atoms with Crippen LogP contribution in [0.4, 0.5) is 11.6 Å². The summed E-state index contributed by atoms with van der Waals surface area (Å²) < 4.78 is 13.7. The van der Waals surface area contributed by atoms with Crippen LogP contribution in [0, 0.1) is 0 Å². The molecule has 1 aromatic heterocycles. The molecule has 1 amide bonds. The van der Waals surface area contributed by atoms with Crippen molar-refractivity contribution in [2.45, 2.75) is 19.6 Å². The first kappa shape index (κ1) is 22.2. The van der Waals surface area contributed by atoms with Gasteiger partial charge in [0, 0.05) is 16.9 Å². The van der Waals surface area contributed by atoms with Gasteiger partial charge < -0.3 is 20.1 Å². The Balaban J connectivity index is 1.58. The van der Waals surface area contributed by atoms with Crippen LogP contribution >= 0.6 is 0 Å². The van der Waals surface area contributed by atoms with Crippen LogP contribution in [-0.2, 0) is 11.4 Å². The Labute approximate surface area is 203 Å². The number of anilines is 2. The summed E-state index contributed by atoms with van der Waals surface area (Å²) in [6.45, 7) is 2.20. The number of para-hydroxylation sites is 2. The number of hydrogen-bond donors (Lipinski definition) is 2. The first-order valence-electron chi connectivity index (χ1n) is 11.2. The molecule has 35 heavy (non-hydrogen) atoms. The molecule has 5 rings (SSSR count). The van der Waals surface area contributed by atoms with Crippen LogP contribution in [0.2, 0.25) is 0 Å². The predicted octanol–water partition coefficient (Wildman–Crippen LogP) is 4.79.